The van der Waals surface area contributed by atoms with Crippen LogP contribution in [0.1, 0.15) is 36.9 Å². The van der Waals surface area contributed by atoms with Crippen molar-refractivity contribution in [3.8, 4) is 0 Å². The van der Waals surface area contributed by atoms with Gasteiger partial charge in [-0.3, -0.25) is 9.36 Å². The molecule has 1 unspecified atom stereocenters. The van der Waals surface area contributed by atoms with Crippen molar-refractivity contribution in [1.82, 2.24) is 14.5 Å². The van der Waals surface area contributed by atoms with E-state index in [4.69, 9.17) is 4.74 Å². The molecule has 0 radical (unpaired) electrons. The molecule has 2 fully saturated rings. The molecule has 33 heavy (non-hydrogen) atoms. The first-order valence-electron chi connectivity index (χ1n) is 12.1. The molecule has 3 aliphatic rings. The van der Waals surface area contributed by atoms with Crippen molar-refractivity contribution in [3.05, 3.63) is 52.1 Å². The van der Waals surface area contributed by atoms with Gasteiger partial charge in [-0.2, -0.15) is 4.98 Å². The second-order valence-corrected chi connectivity index (χ2v) is 10.0. The molecule has 1 amide bonds. The van der Waals surface area contributed by atoms with Crippen molar-refractivity contribution in [2.24, 2.45) is 0 Å². The normalized spacial score (nSPS) is 20.7. The third-order valence-corrected chi connectivity index (χ3v) is 7.95. The molecule has 2 aliphatic heterocycles. The van der Waals surface area contributed by atoms with Gasteiger partial charge in [-0.15, -0.1) is 0 Å². The van der Waals surface area contributed by atoms with E-state index < -0.39 is 0 Å². The monoisotopic (exact) mass is 468 g/mol. The highest BCUT2D eigenvalue weighted by Gasteiger charge is 2.26. The Hall–Kier alpha value is -2.32. The Kier molecular flexibility index (Phi) is 7.02. The minimum absolute atomic E-state index is 0.116. The highest BCUT2D eigenvalue weighted by atomic mass is 32.2. The lowest BCUT2D eigenvalue weighted by atomic mass is 9.97. The van der Waals surface area contributed by atoms with Gasteiger partial charge in [-0.25, -0.2) is 4.79 Å². The Bertz CT molecular complexity index is 1030. The topological polar surface area (TPSA) is 67.7 Å². The zero-order valence-electron chi connectivity index (χ0n) is 19.1. The molecule has 1 atom stereocenters. The average Bonchev–Trinajstić information content (AvgIpc) is 3.38. The minimum atomic E-state index is -0.197. The Balaban J connectivity index is 1.23. The number of anilines is 1. The average molecular weight is 469 g/mol. The number of nitrogens with zero attached hydrogens (tertiary/aromatic N) is 4. The second kappa shape index (κ2) is 10.3. The number of benzene rings is 1. The van der Waals surface area contributed by atoms with Gasteiger partial charge >= 0.3 is 5.69 Å². The second-order valence-electron chi connectivity index (χ2n) is 9.07. The number of ether oxygens (including phenoxy) is 1. The van der Waals surface area contributed by atoms with Crippen molar-refractivity contribution >= 4 is 23.4 Å². The van der Waals surface area contributed by atoms with Crippen LogP contribution >= 0.6 is 11.8 Å². The number of para-hydroxylation sites is 1. The maximum atomic E-state index is 12.9. The van der Waals surface area contributed by atoms with E-state index in [0.29, 0.717) is 12.3 Å². The number of hydrogen-bond acceptors (Lipinski definition) is 6. The number of rotatable bonds is 6. The third-order valence-electron chi connectivity index (χ3n) is 6.95. The minimum Gasteiger partial charge on any atom is -0.376 e. The van der Waals surface area contributed by atoms with Crippen molar-refractivity contribution < 1.29 is 9.53 Å². The predicted octanol–water partition coefficient (Wildman–Crippen LogP) is 2.74. The quantitative estimate of drug-likeness (QED) is 0.480. The molecule has 2 saturated heterocycles. The van der Waals surface area contributed by atoms with Crippen LogP contribution in [-0.2, 0) is 28.9 Å². The van der Waals surface area contributed by atoms with Crippen LogP contribution in [0.3, 0.4) is 0 Å². The van der Waals surface area contributed by atoms with Crippen molar-refractivity contribution in [3.63, 3.8) is 0 Å². The molecule has 8 heteroatoms. The van der Waals surface area contributed by atoms with Crippen LogP contribution in [0, 0.1) is 0 Å². The fraction of sp³-hybridized carbons (Fsp3) is 0.560. The van der Waals surface area contributed by atoms with E-state index in [2.05, 4.69) is 22.0 Å². The molecule has 3 heterocycles. The molecule has 1 aliphatic carbocycles. The van der Waals surface area contributed by atoms with Gasteiger partial charge in [0.05, 0.1) is 18.4 Å². The zero-order valence-corrected chi connectivity index (χ0v) is 19.9. The fourth-order valence-corrected chi connectivity index (χ4v) is 6.10. The van der Waals surface area contributed by atoms with Gasteiger partial charge in [-0.1, -0.05) is 30.0 Å². The third kappa shape index (κ3) is 5.11. The number of thioether (sulfide) groups is 1. The molecule has 176 valence electrons. The molecule has 1 aromatic carbocycles. The van der Waals surface area contributed by atoms with Crippen LogP contribution in [-0.4, -0.2) is 65.0 Å². The highest BCUT2D eigenvalue weighted by Crippen LogP contribution is 2.29. The van der Waals surface area contributed by atoms with E-state index in [1.807, 2.05) is 27.7 Å². The number of fused-ring (bicyclic) bond motifs is 1. The summed E-state index contributed by atoms with van der Waals surface area (Å²) in [6, 6.07) is 10.3. The standard InChI is InChI=1S/C25H32N4O3S/c30-23(28-14-12-27(13-15-28)19-7-2-1-3-8-19)18-33-24-21-10-4-5-11-22(21)29(25(31)26-24)17-20-9-6-16-32-20/h1-3,7-8,20H,4-6,9-18H2. The molecule has 5 rings (SSSR count). The number of piperazine rings is 1. The van der Waals surface area contributed by atoms with Crippen molar-refractivity contribution in [1.29, 1.82) is 0 Å². The van der Waals surface area contributed by atoms with Crippen molar-refractivity contribution in [2.75, 3.05) is 43.4 Å². The summed E-state index contributed by atoms with van der Waals surface area (Å²) in [5.41, 5.74) is 3.30. The first-order chi connectivity index (χ1) is 16.2. The van der Waals surface area contributed by atoms with Gasteiger partial charge in [0, 0.05) is 49.7 Å². The molecule has 0 N–H and O–H groups in total. The van der Waals surface area contributed by atoms with Crippen LogP contribution < -0.4 is 10.6 Å². The summed E-state index contributed by atoms with van der Waals surface area (Å²) >= 11 is 1.44. The number of amides is 1. The SMILES string of the molecule is O=C(CSc1nc(=O)n(CC2CCCO2)c2c1CCCC2)N1CCN(c2ccccc2)CC1. The van der Waals surface area contributed by atoms with Crippen LogP contribution in [0.5, 0.6) is 0 Å². The summed E-state index contributed by atoms with van der Waals surface area (Å²) in [6.45, 7) is 4.51. The molecule has 0 spiro atoms. The summed E-state index contributed by atoms with van der Waals surface area (Å²) < 4.78 is 7.62. The smallest absolute Gasteiger partial charge is 0.348 e. The summed E-state index contributed by atoms with van der Waals surface area (Å²) in [7, 11) is 0. The molecule has 7 nitrogen and oxygen atoms in total. The Morgan fingerprint density at radius 2 is 1.85 bits per heavy atom. The van der Waals surface area contributed by atoms with E-state index in [-0.39, 0.29) is 17.7 Å². The van der Waals surface area contributed by atoms with Gasteiger partial charge in [0.25, 0.3) is 0 Å². The van der Waals surface area contributed by atoms with Crippen LogP contribution in [0.2, 0.25) is 0 Å². The Morgan fingerprint density at radius 3 is 2.61 bits per heavy atom. The Labute approximate surface area is 199 Å². The fourth-order valence-electron chi connectivity index (χ4n) is 5.12. The van der Waals surface area contributed by atoms with Gasteiger partial charge in [0.15, 0.2) is 0 Å². The van der Waals surface area contributed by atoms with Crippen LogP contribution in [0.4, 0.5) is 5.69 Å². The number of aromatic nitrogens is 2. The first-order valence-corrected chi connectivity index (χ1v) is 13.1. The van der Waals surface area contributed by atoms with Gasteiger partial charge in [0.2, 0.25) is 5.91 Å². The maximum absolute atomic E-state index is 12.9. The molecular weight excluding hydrogens is 436 g/mol. The van der Waals surface area contributed by atoms with Gasteiger partial charge in [-0.05, 0) is 50.7 Å². The molecule has 2 aromatic rings. The molecular formula is C25H32N4O3S. The summed E-state index contributed by atoms with van der Waals surface area (Å²) in [4.78, 5) is 34.5. The predicted molar refractivity (Wildman–Crippen MR) is 130 cm³/mol. The van der Waals surface area contributed by atoms with E-state index in [1.165, 1.54) is 23.0 Å². The Morgan fingerprint density at radius 1 is 1.06 bits per heavy atom. The highest BCUT2D eigenvalue weighted by molar-refractivity contribution is 7.99. The van der Waals surface area contributed by atoms with Crippen molar-refractivity contribution in [2.45, 2.75) is 56.2 Å². The zero-order chi connectivity index (χ0) is 22.6. The summed E-state index contributed by atoms with van der Waals surface area (Å²) in [5, 5.41) is 0.759. The lowest BCUT2D eigenvalue weighted by Crippen LogP contribution is -2.49. The van der Waals surface area contributed by atoms with E-state index in [0.717, 1.165) is 82.0 Å². The van der Waals surface area contributed by atoms with E-state index in [9.17, 15) is 9.59 Å². The summed E-state index contributed by atoms with van der Waals surface area (Å²) in [6.07, 6.45) is 6.22. The lowest BCUT2D eigenvalue weighted by molar-refractivity contribution is -0.128. The van der Waals surface area contributed by atoms with Gasteiger partial charge in [0.1, 0.15) is 5.03 Å². The first kappa shape index (κ1) is 22.5. The molecule has 1 aromatic heterocycles. The molecule has 0 saturated carbocycles. The van der Waals surface area contributed by atoms with Gasteiger partial charge < -0.3 is 14.5 Å². The van der Waals surface area contributed by atoms with E-state index in [1.54, 1.807) is 0 Å². The largest absolute Gasteiger partial charge is 0.376 e. The number of carbonyl (C=O) groups is 1. The summed E-state index contributed by atoms with van der Waals surface area (Å²) in [5.74, 6) is 0.461. The van der Waals surface area contributed by atoms with E-state index >= 15 is 0 Å². The number of carbonyl (C=O) groups excluding carboxylic acids is 1. The molecule has 0 bridgehead atoms. The maximum Gasteiger partial charge on any atom is 0.348 e. The lowest BCUT2D eigenvalue weighted by Gasteiger charge is -2.36. The van der Waals surface area contributed by atoms with Crippen LogP contribution in [0.25, 0.3) is 0 Å². The number of hydrogen-bond donors (Lipinski definition) is 0. The van der Waals surface area contributed by atoms with Crippen LogP contribution in [0.15, 0.2) is 40.2 Å².